The van der Waals surface area contributed by atoms with Gasteiger partial charge in [0.05, 0.1) is 12.6 Å². The maximum absolute atomic E-state index is 12.6. The Labute approximate surface area is 121 Å². The number of halogens is 2. The summed E-state index contributed by atoms with van der Waals surface area (Å²) in [6, 6.07) is -0.363. The van der Waals surface area contributed by atoms with Gasteiger partial charge in [-0.05, 0) is 12.8 Å². The van der Waals surface area contributed by atoms with Crippen molar-refractivity contribution in [2.75, 3.05) is 13.6 Å². The van der Waals surface area contributed by atoms with Crippen molar-refractivity contribution >= 4 is 6.03 Å². The highest BCUT2D eigenvalue weighted by molar-refractivity contribution is 5.73. The molecule has 0 saturated heterocycles. The third-order valence-electron chi connectivity index (χ3n) is 3.83. The van der Waals surface area contributed by atoms with Crippen molar-refractivity contribution in [3.05, 3.63) is 18.2 Å². The molecule has 1 heterocycles. The number of carbonyl (C=O) groups excluding carboxylic acids is 1. The Bertz CT molecular complexity index is 480. The molecule has 0 bridgehead atoms. The second-order valence-corrected chi connectivity index (χ2v) is 5.33. The number of amides is 2. The lowest BCUT2D eigenvalue weighted by atomic mass is 10.1. The summed E-state index contributed by atoms with van der Waals surface area (Å²) in [6.45, 7) is -2.28. The molecule has 2 amide bonds. The molecule has 2 unspecified atom stereocenters. The quantitative estimate of drug-likeness (QED) is 0.867. The van der Waals surface area contributed by atoms with Crippen LogP contribution in [0.3, 0.4) is 0 Å². The Morgan fingerprint density at radius 3 is 3.00 bits per heavy atom. The van der Waals surface area contributed by atoms with Crippen molar-refractivity contribution in [1.82, 2.24) is 19.8 Å². The Morgan fingerprint density at radius 1 is 1.62 bits per heavy atom. The molecular formula is C13H20F2N4O2. The second kappa shape index (κ2) is 6.84. The van der Waals surface area contributed by atoms with Gasteiger partial charge in [-0.15, -0.1) is 0 Å². The molecule has 6 nitrogen and oxygen atoms in total. The van der Waals surface area contributed by atoms with Crippen LogP contribution in [0.1, 0.15) is 31.6 Å². The van der Waals surface area contributed by atoms with Gasteiger partial charge in [-0.3, -0.25) is 4.57 Å². The van der Waals surface area contributed by atoms with Gasteiger partial charge in [0, 0.05) is 31.9 Å². The highest BCUT2D eigenvalue weighted by Gasteiger charge is 2.27. The highest BCUT2D eigenvalue weighted by atomic mass is 19.3. The summed E-state index contributed by atoms with van der Waals surface area (Å²) in [6.07, 6.45) is 4.71. The number of nitrogens with one attached hydrogen (secondary N) is 1. The van der Waals surface area contributed by atoms with Gasteiger partial charge >= 0.3 is 12.6 Å². The summed E-state index contributed by atoms with van der Waals surface area (Å²) >= 11 is 0. The Kier molecular flexibility index (Phi) is 5.11. The van der Waals surface area contributed by atoms with E-state index in [2.05, 4.69) is 10.3 Å². The van der Waals surface area contributed by atoms with Crippen LogP contribution in [-0.2, 0) is 6.54 Å². The van der Waals surface area contributed by atoms with Crippen LogP contribution in [0.2, 0.25) is 0 Å². The van der Waals surface area contributed by atoms with Gasteiger partial charge < -0.3 is 15.3 Å². The average molecular weight is 302 g/mol. The summed E-state index contributed by atoms with van der Waals surface area (Å²) in [5, 5.41) is 12.3. The van der Waals surface area contributed by atoms with Gasteiger partial charge in [-0.25, -0.2) is 9.78 Å². The third-order valence-corrected chi connectivity index (χ3v) is 3.83. The van der Waals surface area contributed by atoms with Gasteiger partial charge in [0.1, 0.15) is 5.82 Å². The van der Waals surface area contributed by atoms with Crippen LogP contribution in [-0.4, -0.2) is 45.3 Å². The number of nitrogens with zero attached hydrogens (tertiary/aromatic N) is 3. The second-order valence-electron chi connectivity index (χ2n) is 5.33. The number of rotatable bonds is 5. The van der Waals surface area contributed by atoms with E-state index in [-0.39, 0.29) is 30.4 Å². The summed E-state index contributed by atoms with van der Waals surface area (Å²) in [5.74, 6) is 0.191. The normalized spacial score (nSPS) is 21.8. The molecule has 1 aromatic heterocycles. The van der Waals surface area contributed by atoms with Crippen molar-refractivity contribution in [3.8, 4) is 0 Å². The zero-order chi connectivity index (χ0) is 15.4. The van der Waals surface area contributed by atoms with Crippen LogP contribution in [0, 0.1) is 5.92 Å². The molecule has 0 aliphatic heterocycles. The van der Waals surface area contributed by atoms with Crippen LogP contribution in [0.4, 0.5) is 13.6 Å². The first-order valence-corrected chi connectivity index (χ1v) is 6.96. The Hall–Kier alpha value is -1.70. The number of imidazole rings is 1. The Morgan fingerprint density at radius 2 is 2.38 bits per heavy atom. The summed E-state index contributed by atoms with van der Waals surface area (Å²) in [7, 11) is 1.62. The maximum Gasteiger partial charge on any atom is 0.319 e. The van der Waals surface area contributed by atoms with Crippen molar-refractivity contribution in [2.45, 2.75) is 38.5 Å². The molecule has 2 N–H and O–H groups in total. The molecule has 0 radical (unpaired) electrons. The van der Waals surface area contributed by atoms with E-state index < -0.39 is 6.55 Å². The topological polar surface area (TPSA) is 70.4 Å². The molecule has 1 fully saturated rings. The van der Waals surface area contributed by atoms with E-state index in [1.807, 2.05) is 0 Å². The standard InChI is InChI=1S/C13H20F2N4O2/c1-18(8-9-3-2-4-10(9)20)13(21)17-7-11-16-5-6-19(11)12(14)15/h5-6,9-10,12,20H,2-4,7-8H2,1H3,(H,17,21). The fourth-order valence-corrected chi connectivity index (χ4v) is 2.61. The SMILES string of the molecule is CN(CC1CCCC1O)C(=O)NCc1nccn1C(F)F. The van der Waals surface area contributed by atoms with Gasteiger partial charge in [0.2, 0.25) is 0 Å². The highest BCUT2D eigenvalue weighted by Crippen LogP contribution is 2.25. The van der Waals surface area contributed by atoms with Crippen LogP contribution in [0.15, 0.2) is 12.4 Å². The molecule has 2 atom stereocenters. The monoisotopic (exact) mass is 302 g/mol. The summed E-state index contributed by atoms with van der Waals surface area (Å²) in [4.78, 5) is 17.2. The van der Waals surface area contributed by atoms with Crippen molar-refractivity contribution in [3.63, 3.8) is 0 Å². The first-order valence-electron chi connectivity index (χ1n) is 6.96. The molecular weight excluding hydrogens is 282 g/mol. The number of hydrogen-bond acceptors (Lipinski definition) is 3. The summed E-state index contributed by atoms with van der Waals surface area (Å²) < 4.78 is 26.0. The zero-order valence-electron chi connectivity index (χ0n) is 11.9. The van der Waals surface area contributed by atoms with Crippen molar-refractivity contribution < 1.29 is 18.7 Å². The zero-order valence-corrected chi connectivity index (χ0v) is 11.9. The smallest absolute Gasteiger partial charge is 0.319 e. The van der Waals surface area contributed by atoms with Crippen molar-refractivity contribution in [2.24, 2.45) is 5.92 Å². The minimum atomic E-state index is -2.68. The van der Waals surface area contributed by atoms with Crippen LogP contribution in [0.5, 0.6) is 0 Å². The number of hydrogen-bond donors (Lipinski definition) is 2. The lowest BCUT2D eigenvalue weighted by molar-refractivity contribution is 0.0665. The van der Waals surface area contributed by atoms with Crippen molar-refractivity contribution in [1.29, 1.82) is 0 Å². The fourth-order valence-electron chi connectivity index (χ4n) is 2.61. The van der Waals surface area contributed by atoms with E-state index in [9.17, 15) is 18.7 Å². The van der Waals surface area contributed by atoms with Crippen LogP contribution >= 0.6 is 0 Å². The van der Waals surface area contributed by atoms with E-state index in [0.717, 1.165) is 19.3 Å². The lowest BCUT2D eigenvalue weighted by Crippen LogP contribution is -2.41. The molecule has 1 saturated carbocycles. The number of aliphatic hydroxyl groups is 1. The molecule has 118 valence electrons. The average Bonchev–Trinajstić information content (AvgIpc) is 3.05. The maximum atomic E-state index is 12.6. The fraction of sp³-hybridized carbons (Fsp3) is 0.692. The largest absolute Gasteiger partial charge is 0.393 e. The van der Waals surface area contributed by atoms with Gasteiger partial charge in [-0.1, -0.05) is 6.42 Å². The van der Waals surface area contributed by atoms with Gasteiger partial charge in [0.15, 0.2) is 0 Å². The molecule has 1 aliphatic rings. The third kappa shape index (κ3) is 3.90. The van der Waals surface area contributed by atoms with E-state index in [0.29, 0.717) is 11.1 Å². The predicted octanol–water partition coefficient (Wildman–Crippen LogP) is 1.58. The number of carbonyl (C=O) groups is 1. The predicted molar refractivity (Wildman–Crippen MR) is 71.7 cm³/mol. The molecule has 1 aromatic rings. The Balaban J connectivity index is 1.82. The van der Waals surface area contributed by atoms with E-state index in [1.165, 1.54) is 17.3 Å². The number of aliphatic hydroxyl groups excluding tert-OH is 1. The van der Waals surface area contributed by atoms with Gasteiger partial charge in [-0.2, -0.15) is 8.78 Å². The molecule has 2 rings (SSSR count). The van der Waals surface area contributed by atoms with Crippen LogP contribution in [0.25, 0.3) is 0 Å². The van der Waals surface area contributed by atoms with E-state index in [4.69, 9.17) is 0 Å². The molecule has 0 aromatic carbocycles. The molecule has 8 heteroatoms. The lowest BCUT2D eigenvalue weighted by Gasteiger charge is -2.23. The number of urea groups is 1. The van der Waals surface area contributed by atoms with Gasteiger partial charge in [0.25, 0.3) is 0 Å². The van der Waals surface area contributed by atoms with E-state index >= 15 is 0 Å². The first-order chi connectivity index (χ1) is 9.99. The molecule has 0 spiro atoms. The minimum Gasteiger partial charge on any atom is -0.393 e. The van der Waals surface area contributed by atoms with Crippen LogP contribution < -0.4 is 5.32 Å². The first kappa shape index (κ1) is 15.7. The molecule has 1 aliphatic carbocycles. The van der Waals surface area contributed by atoms with E-state index in [1.54, 1.807) is 7.05 Å². The number of aromatic nitrogens is 2. The summed E-state index contributed by atoms with van der Waals surface area (Å²) in [5.41, 5.74) is 0. The minimum absolute atomic E-state index is 0.0618. The number of alkyl halides is 2. The molecule has 21 heavy (non-hydrogen) atoms.